The number of halogens is 6. The molecule has 14 heteroatoms. The molecule has 1 heterocycles. The van der Waals surface area contributed by atoms with Gasteiger partial charge in [0.2, 0.25) is 17.7 Å². The summed E-state index contributed by atoms with van der Waals surface area (Å²) in [5.74, 6) is -0.164. The molecule has 1 aromatic heterocycles. The van der Waals surface area contributed by atoms with Crippen LogP contribution in [0.15, 0.2) is 16.7 Å². The summed E-state index contributed by atoms with van der Waals surface area (Å²) in [5.41, 5.74) is 0.364. The maximum Gasteiger partial charge on any atom is 0.522 e. The number of aromatic nitrogens is 2. The molecule has 2 aliphatic carbocycles. The Kier molecular flexibility index (Phi) is 8.00. The number of amides is 1. The molecule has 0 unspecified atom stereocenters. The van der Waals surface area contributed by atoms with Crippen molar-refractivity contribution in [3.8, 4) is 0 Å². The van der Waals surface area contributed by atoms with Gasteiger partial charge >= 0.3 is 12.7 Å². The van der Waals surface area contributed by atoms with Crippen LogP contribution in [0.5, 0.6) is 0 Å². The average molecular weight is 487 g/mol. The molecule has 186 valence electrons. The topological polar surface area (TPSA) is 95.7 Å². The number of hydrogen-bond donors (Lipinski definition) is 1. The van der Waals surface area contributed by atoms with Crippen LogP contribution < -0.4 is 5.32 Å². The number of nitrogens with one attached hydrogen (secondary N) is 1. The number of allylic oxidation sites excluding steroid dienone is 1. The van der Waals surface area contributed by atoms with Gasteiger partial charge in [0.15, 0.2) is 0 Å². The van der Waals surface area contributed by atoms with Crippen LogP contribution in [0, 0.1) is 5.92 Å². The zero-order chi connectivity index (χ0) is 24.2. The fourth-order valence-corrected chi connectivity index (χ4v) is 3.50. The normalized spacial score (nSPS) is 25.3. The largest absolute Gasteiger partial charge is 0.522 e. The van der Waals surface area contributed by atoms with Gasteiger partial charge in [-0.25, -0.2) is 0 Å². The Morgan fingerprint density at radius 1 is 1.06 bits per heavy atom. The summed E-state index contributed by atoms with van der Waals surface area (Å²) < 4.78 is 90.7. The Balaban J connectivity index is 1.26. The average Bonchev–Trinajstić information content (AvgIpc) is 3.07. The predicted octanol–water partition coefficient (Wildman–Crippen LogP) is 3.75. The van der Waals surface area contributed by atoms with E-state index in [-0.39, 0.29) is 31.3 Å². The quantitative estimate of drug-likeness (QED) is 0.475. The highest BCUT2D eigenvalue weighted by Gasteiger charge is 2.41. The summed E-state index contributed by atoms with van der Waals surface area (Å²) in [7, 11) is 0. The van der Waals surface area contributed by atoms with Crippen molar-refractivity contribution in [3.05, 3.63) is 24.1 Å². The smallest absolute Gasteiger partial charge is 0.425 e. The molecule has 0 saturated heterocycles. The predicted molar refractivity (Wildman–Crippen MR) is 97.3 cm³/mol. The highest BCUT2D eigenvalue weighted by Crippen LogP contribution is 2.41. The number of nitrogens with zero attached hydrogens (tertiary/aromatic N) is 2. The minimum absolute atomic E-state index is 0.0598. The number of hydrogen-bond acceptors (Lipinski definition) is 7. The lowest BCUT2D eigenvalue weighted by Crippen LogP contribution is -2.42. The van der Waals surface area contributed by atoms with Crippen molar-refractivity contribution in [1.29, 1.82) is 0 Å². The molecule has 8 nitrogen and oxygen atoms in total. The zero-order valence-electron chi connectivity index (χ0n) is 17.4. The minimum atomic E-state index is -4.68. The summed E-state index contributed by atoms with van der Waals surface area (Å²) in [5, 5.41) is 10.3. The second kappa shape index (κ2) is 10.4. The molecule has 0 bridgehead atoms. The van der Waals surface area contributed by atoms with Gasteiger partial charge in [0, 0.05) is 30.9 Å². The molecule has 2 aliphatic rings. The van der Waals surface area contributed by atoms with E-state index < -0.39 is 37.4 Å². The van der Waals surface area contributed by atoms with E-state index in [4.69, 9.17) is 9.15 Å². The molecule has 1 amide bonds. The Morgan fingerprint density at radius 3 is 2.39 bits per heavy atom. The molecule has 33 heavy (non-hydrogen) atoms. The van der Waals surface area contributed by atoms with Crippen LogP contribution in [-0.4, -0.2) is 54.3 Å². The van der Waals surface area contributed by atoms with Crippen LogP contribution in [0.1, 0.15) is 49.8 Å². The maximum atomic E-state index is 12.1. The first-order valence-corrected chi connectivity index (χ1v) is 10.2. The molecule has 0 aromatic carbocycles. The van der Waals surface area contributed by atoms with Crippen molar-refractivity contribution in [2.45, 2.75) is 69.4 Å². The van der Waals surface area contributed by atoms with E-state index in [1.165, 1.54) is 0 Å². The van der Waals surface area contributed by atoms with Crippen LogP contribution in [0.2, 0.25) is 0 Å². The summed E-state index contributed by atoms with van der Waals surface area (Å²) in [6.45, 7) is 2.99. The first-order valence-electron chi connectivity index (χ1n) is 10.2. The second-order valence-electron chi connectivity index (χ2n) is 8.07. The van der Waals surface area contributed by atoms with Crippen molar-refractivity contribution in [2.24, 2.45) is 5.92 Å². The fraction of sp³-hybridized carbons (Fsp3) is 0.737. The van der Waals surface area contributed by atoms with Gasteiger partial charge in [-0.15, -0.1) is 36.5 Å². The summed E-state index contributed by atoms with van der Waals surface area (Å²) >= 11 is 0. The monoisotopic (exact) mass is 487 g/mol. The fourth-order valence-electron chi connectivity index (χ4n) is 3.50. The van der Waals surface area contributed by atoms with Crippen LogP contribution >= 0.6 is 0 Å². The Hall–Kier alpha value is -2.19. The third-order valence-electron chi connectivity index (χ3n) is 5.31. The van der Waals surface area contributed by atoms with E-state index in [2.05, 4.69) is 31.6 Å². The SMILES string of the molecule is C=C(CCc1nnc([C@H]2C[C@@H](COC(F)(F)F)C2)o1)NC(=O)CO[C@H]1C[C@@H](OC(F)(F)F)C1. The van der Waals surface area contributed by atoms with Crippen molar-refractivity contribution in [1.82, 2.24) is 15.5 Å². The third-order valence-corrected chi connectivity index (χ3v) is 5.31. The minimum Gasteiger partial charge on any atom is -0.425 e. The van der Waals surface area contributed by atoms with Crippen molar-refractivity contribution < 1.29 is 49.8 Å². The third kappa shape index (κ3) is 8.59. The van der Waals surface area contributed by atoms with Gasteiger partial charge in [0.05, 0.1) is 18.8 Å². The number of rotatable bonds is 11. The first kappa shape index (κ1) is 25.4. The molecular formula is C19H23F6N3O5. The Labute approximate surface area is 184 Å². The zero-order valence-corrected chi connectivity index (χ0v) is 17.4. The van der Waals surface area contributed by atoms with Crippen LogP contribution in [0.4, 0.5) is 26.3 Å². The number of carbonyl (C=O) groups excluding carboxylic acids is 1. The van der Waals surface area contributed by atoms with Crippen molar-refractivity contribution in [2.75, 3.05) is 13.2 Å². The summed E-state index contributed by atoms with van der Waals surface area (Å²) in [6, 6.07) is 0. The Bertz CT molecular complexity index is 816. The van der Waals surface area contributed by atoms with E-state index in [1.54, 1.807) is 0 Å². The number of alkyl halides is 6. The van der Waals surface area contributed by atoms with Gasteiger partial charge in [-0.1, -0.05) is 6.58 Å². The maximum absolute atomic E-state index is 12.1. The van der Waals surface area contributed by atoms with Gasteiger partial charge in [-0.3, -0.25) is 14.3 Å². The van der Waals surface area contributed by atoms with Crippen LogP contribution in [0.3, 0.4) is 0 Å². The lowest BCUT2D eigenvalue weighted by molar-refractivity contribution is -0.357. The van der Waals surface area contributed by atoms with Gasteiger partial charge in [0.25, 0.3) is 0 Å². The molecular weight excluding hydrogens is 464 g/mol. The molecule has 1 N–H and O–H groups in total. The molecule has 0 atom stereocenters. The number of aryl methyl sites for hydroxylation is 1. The highest BCUT2D eigenvalue weighted by atomic mass is 19.4. The lowest BCUT2D eigenvalue weighted by Gasteiger charge is -2.34. The van der Waals surface area contributed by atoms with Crippen LogP contribution in [-0.2, 0) is 25.4 Å². The molecule has 0 aliphatic heterocycles. The summed E-state index contributed by atoms with van der Waals surface area (Å²) in [6.07, 6.45) is -9.12. The van der Waals surface area contributed by atoms with E-state index in [0.717, 1.165) is 0 Å². The van der Waals surface area contributed by atoms with Gasteiger partial charge in [-0.05, 0) is 25.2 Å². The Morgan fingerprint density at radius 2 is 1.76 bits per heavy atom. The van der Waals surface area contributed by atoms with Gasteiger partial charge < -0.3 is 14.5 Å². The number of ether oxygens (including phenoxy) is 3. The highest BCUT2D eigenvalue weighted by molar-refractivity contribution is 5.78. The van der Waals surface area contributed by atoms with E-state index in [0.29, 0.717) is 43.2 Å². The first-order chi connectivity index (χ1) is 15.4. The van der Waals surface area contributed by atoms with E-state index >= 15 is 0 Å². The van der Waals surface area contributed by atoms with Crippen LogP contribution in [0.25, 0.3) is 0 Å². The van der Waals surface area contributed by atoms with E-state index in [9.17, 15) is 31.1 Å². The molecule has 0 radical (unpaired) electrons. The van der Waals surface area contributed by atoms with Gasteiger partial charge in [0.1, 0.15) is 6.61 Å². The lowest BCUT2D eigenvalue weighted by atomic mass is 9.75. The molecule has 2 fully saturated rings. The molecule has 2 saturated carbocycles. The standard InChI is InChI=1S/C19H23F6N3O5/c1-10(26-15(29)9-30-13-6-14(7-13)33-19(23,24)25)2-3-16-27-28-17(32-16)12-4-11(5-12)8-31-18(20,21)22/h11-14H,1-9H2,(H,26,29)/t11-,12+,13-,14+. The molecule has 0 spiro atoms. The van der Waals surface area contributed by atoms with Crippen molar-refractivity contribution in [3.63, 3.8) is 0 Å². The van der Waals surface area contributed by atoms with Gasteiger partial charge in [-0.2, -0.15) is 0 Å². The van der Waals surface area contributed by atoms with Crippen molar-refractivity contribution >= 4 is 5.91 Å². The molecule has 1 aromatic rings. The summed E-state index contributed by atoms with van der Waals surface area (Å²) in [4.78, 5) is 11.9. The molecule has 3 rings (SSSR count). The second-order valence-corrected chi connectivity index (χ2v) is 8.07. The van der Waals surface area contributed by atoms with E-state index in [1.807, 2.05) is 0 Å². The number of carbonyl (C=O) groups is 1.